The van der Waals surface area contributed by atoms with E-state index >= 15 is 0 Å². The van der Waals surface area contributed by atoms with E-state index in [4.69, 9.17) is 5.11 Å². The summed E-state index contributed by atoms with van der Waals surface area (Å²) in [6.45, 7) is 3.99. The smallest absolute Gasteiger partial charge is 0.303 e. The molecule has 0 aromatic heterocycles. The average Bonchev–Trinajstić information content (AvgIpc) is 2.43. The molecule has 0 saturated carbocycles. The second kappa shape index (κ2) is 6.84. The van der Waals surface area contributed by atoms with E-state index in [-0.39, 0.29) is 12.2 Å². The van der Waals surface area contributed by atoms with Gasteiger partial charge >= 0.3 is 5.97 Å². The number of likely N-dealkylation sites (tertiary alicyclic amines) is 1. The highest BCUT2D eigenvalue weighted by molar-refractivity contribution is 5.67. The van der Waals surface area contributed by atoms with E-state index in [1.165, 1.54) is 12.1 Å². The first-order valence-electron chi connectivity index (χ1n) is 7.31. The third-order valence-electron chi connectivity index (χ3n) is 4.19. The van der Waals surface area contributed by atoms with Crippen molar-refractivity contribution in [1.29, 1.82) is 0 Å². The van der Waals surface area contributed by atoms with Gasteiger partial charge in [0.05, 0.1) is 0 Å². The SMILES string of the molecule is CCC(c1ccc(F)cc1)N1CCC(CC(=O)O)CC1. The van der Waals surface area contributed by atoms with Crippen LogP contribution in [0.1, 0.15) is 44.2 Å². The molecule has 3 nitrogen and oxygen atoms in total. The third kappa shape index (κ3) is 3.79. The molecule has 1 saturated heterocycles. The van der Waals surface area contributed by atoms with Crippen molar-refractivity contribution in [2.24, 2.45) is 5.92 Å². The predicted molar refractivity (Wildman–Crippen MR) is 76.0 cm³/mol. The lowest BCUT2D eigenvalue weighted by Gasteiger charge is -2.37. The largest absolute Gasteiger partial charge is 0.481 e. The maximum atomic E-state index is 13.0. The fraction of sp³-hybridized carbons (Fsp3) is 0.562. The summed E-state index contributed by atoms with van der Waals surface area (Å²) in [7, 11) is 0. The van der Waals surface area contributed by atoms with Crippen LogP contribution in [0.2, 0.25) is 0 Å². The molecule has 1 atom stereocenters. The van der Waals surface area contributed by atoms with Gasteiger partial charge in [0.15, 0.2) is 0 Å². The second-order valence-electron chi connectivity index (χ2n) is 5.55. The van der Waals surface area contributed by atoms with Crippen molar-refractivity contribution in [1.82, 2.24) is 4.90 Å². The second-order valence-corrected chi connectivity index (χ2v) is 5.55. The minimum absolute atomic E-state index is 0.205. The summed E-state index contributed by atoms with van der Waals surface area (Å²) in [5, 5.41) is 8.84. The molecule has 2 rings (SSSR count). The Labute approximate surface area is 119 Å². The zero-order chi connectivity index (χ0) is 14.5. The van der Waals surface area contributed by atoms with Crippen LogP contribution in [0.25, 0.3) is 0 Å². The zero-order valence-corrected chi connectivity index (χ0v) is 11.9. The molecular formula is C16H22FNO2. The van der Waals surface area contributed by atoms with E-state index in [0.29, 0.717) is 12.0 Å². The number of carbonyl (C=O) groups is 1. The van der Waals surface area contributed by atoms with Gasteiger partial charge in [0.25, 0.3) is 0 Å². The maximum absolute atomic E-state index is 13.0. The third-order valence-corrected chi connectivity index (χ3v) is 4.19. The number of carboxylic acids is 1. The van der Waals surface area contributed by atoms with Crippen LogP contribution >= 0.6 is 0 Å². The van der Waals surface area contributed by atoms with E-state index < -0.39 is 5.97 Å². The number of nitrogens with zero attached hydrogens (tertiary/aromatic N) is 1. The zero-order valence-electron chi connectivity index (χ0n) is 11.9. The standard InChI is InChI=1S/C16H22FNO2/c1-2-15(13-3-5-14(17)6-4-13)18-9-7-12(8-10-18)11-16(19)20/h3-6,12,15H,2,7-11H2,1H3,(H,19,20). The normalized spacial score (nSPS) is 18.9. The summed E-state index contributed by atoms with van der Waals surface area (Å²) in [5.41, 5.74) is 1.14. The van der Waals surface area contributed by atoms with Crippen LogP contribution in [-0.4, -0.2) is 29.1 Å². The Morgan fingerprint density at radius 1 is 1.35 bits per heavy atom. The molecule has 1 aromatic rings. The molecule has 1 unspecified atom stereocenters. The van der Waals surface area contributed by atoms with E-state index in [9.17, 15) is 9.18 Å². The molecule has 0 bridgehead atoms. The molecule has 1 N–H and O–H groups in total. The van der Waals surface area contributed by atoms with E-state index in [1.54, 1.807) is 0 Å². The quantitative estimate of drug-likeness (QED) is 0.897. The van der Waals surface area contributed by atoms with Gasteiger partial charge in [-0.25, -0.2) is 4.39 Å². The van der Waals surface area contributed by atoms with Gasteiger partial charge in [0, 0.05) is 12.5 Å². The highest BCUT2D eigenvalue weighted by atomic mass is 19.1. The van der Waals surface area contributed by atoms with Crippen molar-refractivity contribution in [2.75, 3.05) is 13.1 Å². The Kier molecular flexibility index (Phi) is 5.12. The number of benzene rings is 1. The molecule has 0 spiro atoms. The van der Waals surface area contributed by atoms with Crippen LogP contribution in [0.3, 0.4) is 0 Å². The first-order valence-corrected chi connectivity index (χ1v) is 7.31. The average molecular weight is 279 g/mol. The predicted octanol–water partition coefficient (Wildman–Crippen LogP) is 3.46. The molecule has 20 heavy (non-hydrogen) atoms. The van der Waals surface area contributed by atoms with Gasteiger partial charge in [-0.3, -0.25) is 9.69 Å². The first-order chi connectivity index (χ1) is 9.60. The lowest BCUT2D eigenvalue weighted by molar-refractivity contribution is -0.138. The van der Waals surface area contributed by atoms with Crippen LogP contribution in [0, 0.1) is 11.7 Å². The van der Waals surface area contributed by atoms with Gasteiger partial charge in [0.1, 0.15) is 5.82 Å². The van der Waals surface area contributed by atoms with Crippen molar-refractivity contribution in [3.8, 4) is 0 Å². The molecule has 0 amide bonds. The van der Waals surface area contributed by atoms with Crippen LogP contribution in [0.5, 0.6) is 0 Å². The van der Waals surface area contributed by atoms with Crippen LogP contribution < -0.4 is 0 Å². The highest BCUT2D eigenvalue weighted by Crippen LogP contribution is 2.30. The van der Waals surface area contributed by atoms with Gasteiger partial charge in [0.2, 0.25) is 0 Å². The van der Waals surface area contributed by atoms with Crippen LogP contribution in [0.4, 0.5) is 4.39 Å². The summed E-state index contributed by atoms with van der Waals surface area (Å²) in [6, 6.07) is 7.03. The lowest BCUT2D eigenvalue weighted by atomic mass is 9.91. The first kappa shape index (κ1) is 15.0. The topological polar surface area (TPSA) is 40.5 Å². The molecule has 1 fully saturated rings. The summed E-state index contributed by atoms with van der Waals surface area (Å²) < 4.78 is 13.0. The Balaban J connectivity index is 1.96. The van der Waals surface area contributed by atoms with Crippen molar-refractivity contribution >= 4 is 5.97 Å². The van der Waals surface area contributed by atoms with Gasteiger partial charge in [-0.15, -0.1) is 0 Å². The van der Waals surface area contributed by atoms with E-state index in [0.717, 1.165) is 37.9 Å². The van der Waals surface area contributed by atoms with Crippen molar-refractivity contribution < 1.29 is 14.3 Å². The number of piperidine rings is 1. The Hall–Kier alpha value is -1.42. The Bertz CT molecular complexity index is 438. The number of rotatable bonds is 5. The molecule has 1 aliphatic rings. The number of halogens is 1. The number of carboxylic acid groups (broad SMARTS) is 1. The molecule has 1 heterocycles. The van der Waals surface area contributed by atoms with Gasteiger partial charge in [-0.2, -0.15) is 0 Å². The van der Waals surface area contributed by atoms with Crippen molar-refractivity contribution in [3.05, 3.63) is 35.6 Å². The number of aliphatic carboxylic acids is 1. The summed E-state index contributed by atoms with van der Waals surface area (Å²) >= 11 is 0. The maximum Gasteiger partial charge on any atom is 0.303 e. The molecule has 0 aliphatic carbocycles. The minimum atomic E-state index is -0.700. The fourth-order valence-electron chi connectivity index (χ4n) is 3.11. The van der Waals surface area contributed by atoms with Gasteiger partial charge in [-0.05, 0) is 56.0 Å². The van der Waals surface area contributed by atoms with Crippen LogP contribution in [-0.2, 0) is 4.79 Å². The van der Waals surface area contributed by atoms with Crippen molar-refractivity contribution in [2.45, 2.75) is 38.6 Å². The summed E-state index contributed by atoms with van der Waals surface area (Å²) in [6.07, 6.45) is 3.13. The minimum Gasteiger partial charge on any atom is -0.481 e. The highest BCUT2D eigenvalue weighted by Gasteiger charge is 2.26. The molecule has 1 aliphatic heterocycles. The molecular weight excluding hydrogens is 257 g/mol. The summed E-state index contributed by atoms with van der Waals surface area (Å²) in [4.78, 5) is 13.1. The summed E-state index contributed by atoms with van der Waals surface area (Å²) in [5.74, 6) is -0.604. The lowest BCUT2D eigenvalue weighted by Crippen LogP contribution is -2.37. The van der Waals surface area contributed by atoms with Gasteiger partial charge in [-0.1, -0.05) is 19.1 Å². The van der Waals surface area contributed by atoms with Gasteiger partial charge < -0.3 is 5.11 Å². The van der Waals surface area contributed by atoms with Crippen molar-refractivity contribution in [3.63, 3.8) is 0 Å². The molecule has 0 radical (unpaired) electrons. The Morgan fingerprint density at radius 2 is 1.95 bits per heavy atom. The monoisotopic (exact) mass is 279 g/mol. The van der Waals surface area contributed by atoms with Crippen LogP contribution in [0.15, 0.2) is 24.3 Å². The molecule has 1 aromatic carbocycles. The number of hydrogen-bond acceptors (Lipinski definition) is 2. The fourth-order valence-corrected chi connectivity index (χ4v) is 3.11. The Morgan fingerprint density at radius 3 is 2.45 bits per heavy atom. The molecule has 4 heteroatoms. The molecule has 110 valence electrons. The van der Waals surface area contributed by atoms with E-state index in [2.05, 4.69) is 11.8 Å². The van der Waals surface area contributed by atoms with E-state index in [1.807, 2.05) is 12.1 Å². The number of hydrogen-bond donors (Lipinski definition) is 1.